The molecule has 0 aliphatic rings. The van der Waals surface area contributed by atoms with E-state index in [1.165, 1.54) is 11.8 Å². The Morgan fingerprint density at radius 3 is 2.52 bits per heavy atom. The maximum absolute atomic E-state index is 12.3. The number of halogens is 2. The Kier molecular flexibility index (Phi) is 8.06. The summed E-state index contributed by atoms with van der Waals surface area (Å²) < 4.78 is 6.09. The number of para-hydroxylation sites is 1. The topological polar surface area (TPSA) is 86.1 Å². The molecular weight excluding hydrogens is 391 g/mol. The summed E-state index contributed by atoms with van der Waals surface area (Å²) in [5.74, 6) is 0.0734. The van der Waals surface area contributed by atoms with E-state index in [0.29, 0.717) is 40.9 Å². The molecule has 0 saturated carbocycles. The van der Waals surface area contributed by atoms with Crippen molar-refractivity contribution in [1.29, 1.82) is 0 Å². The summed E-state index contributed by atoms with van der Waals surface area (Å²) in [6.07, 6.45) is 3.23. The molecule has 0 spiro atoms. The first-order chi connectivity index (χ1) is 13.0. The number of aromatic nitrogens is 3. The van der Waals surface area contributed by atoms with Crippen molar-refractivity contribution in [2.24, 2.45) is 0 Å². The van der Waals surface area contributed by atoms with Crippen LogP contribution < -0.4 is 5.32 Å². The lowest BCUT2D eigenvalue weighted by molar-refractivity contribution is -0.140. The molecule has 1 amide bonds. The Hall–Kier alpha value is -2.12. The van der Waals surface area contributed by atoms with Crippen LogP contribution in [0.2, 0.25) is 10.0 Å². The van der Waals surface area contributed by atoms with Gasteiger partial charge in [-0.25, -0.2) is 9.67 Å². The van der Waals surface area contributed by atoms with Crippen molar-refractivity contribution in [2.45, 2.75) is 39.0 Å². The highest BCUT2D eigenvalue weighted by atomic mass is 35.5. The van der Waals surface area contributed by atoms with Crippen molar-refractivity contribution >= 4 is 35.1 Å². The lowest BCUT2D eigenvalue weighted by Gasteiger charge is -2.08. The number of esters is 1. The van der Waals surface area contributed by atoms with Crippen molar-refractivity contribution in [3.05, 3.63) is 39.9 Å². The maximum atomic E-state index is 12.3. The second kappa shape index (κ2) is 10.3. The van der Waals surface area contributed by atoms with Crippen LogP contribution in [0.15, 0.2) is 18.2 Å². The smallest absolute Gasteiger partial charge is 0.305 e. The van der Waals surface area contributed by atoms with Gasteiger partial charge < -0.3 is 10.1 Å². The van der Waals surface area contributed by atoms with E-state index >= 15 is 0 Å². The van der Waals surface area contributed by atoms with Crippen LogP contribution in [0.25, 0.3) is 5.69 Å². The summed E-state index contributed by atoms with van der Waals surface area (Å²) in [4.78, 5) is 27.7. The molecule has 0 aliphatic heterocycles. The summed E-state index contributed by atoms with van der Waals surface area (Å²) >= 11 is 12.5. The number of unbranched alkanes of at least 4 members (excludes halogenated alkanes) is 2. The number of hydrogen-bond donors (Lipinski definition) is 1. The van der Waals surface area contributed by atoms with Crippen LogP contribution in [-0.2, 0) is 16.0 Å². The average Bonchev–Trinajstić information content (AvgIpc) is 3.08. The van der Waals surface area contributed by atoms with Gasteiger partial charge >= 0.3 is 5.97 Å². The molecule has 2 aromatic rings. The third-order valence-electron chi connectivity index (χ3n) is 3.91. The Bertz CT molecular complexity index is 788. The second-order valence-electron chi connectivity index (χ2n) is 5.83. The Morgan fingerprint density at radius 1 is 1.19 bits per heavy atom. The number of rotatable bonds is 9. The first-order valence-corrected chi connectivity index (χ1v) is 9.48. The van der Waals surface area contributed by atoms with Gasteiger partial charge in [0.1, 0.15) is 11.5 Å². The fourth-order valence-electron chi connectivity index (χ4n) is 2.49. The zero-order valence-corrected chi connectivity index (χ0v) is 16.8. The number of ether oxygens (including phenoxy) is 1. The average molecular weight is 413 g/mol. The van der Waals surface area contributed by atoms with E-state index < -0.39 is 0 Å². The number of aryl methyl sites for hydroxylation is 1. The second-order valence-corrected chi connectivity index (χ2v) is 6.64. The van der Waals surface area contributed by atoms with E-state index in [2.05, 4.69) is 20.1 Å². The lowest BCUT2D eigenvalue weighted by Crippen LogP contribution is -2.25. The number of amides is 1. The van der Waals surface area contributed by atoms with Gasteiger partial charge in [-0.3, -0.25) is 9.59 Å². The minimum Gasteiger partial charge on any atom is -0.469 e. The molecule has 0 radical (unpaired) electrons. The molecule has 1 heterocycles. The van der Waals surface area contributed by atoms with Crippen molar-refractivity contribution < 1.29 is 14.3 Å². The number of benzene rings is 1. The molecule has 0 unspecified atom stereocenters. The highest BCUT2D eigenvalue weighted by Crippen LogP contribution is 2.28. The number of carbonyl (C=O) groups is 2. The molecule has 1 aromatic heterocycles. The van der Waals surface area contributed by atoms with E-state index in [0.717, 1.165) is 19.3 Å². The Morgan fingerprint density at radius 2 is 1.89 bits per heavy atom. The summed E-state index contributed by atoms with van der Waals surface area (Å²) in [5.41, 5.74) is 0.507. The molecule has 27 heavy (non-hydrogen) atoms. The van der Waals surface area contributed by atoms with E-state index in [-0.39, 0.29) is 17.7 Å². The lowest BCUT2D eigenvalue weighted by atomic mass is 10.2. The molecule has 0 saturated heterocycles. The van der Waals surface area contributed by atoms with Gasteiger partial charge in [0.25, 0.3) is 5.91 Å². The first-order valence-electron chi connectivity index (χ1n) is 8.73. The number of methoxy groups -OCH3 is 1. The minimum atomic E-state index is -0.361. The van der Waals surface area contributed by atoms with Crippen molar-refractivity contribution in [1.82, 2.24) is 20.1 Å². The zero-order chi connectivity index (χ0) is 19.8. The first kappa shape index (κ1) is 21.2. The Labute approximate surface area is 168 Å². The van der Waals surface area contributed by atoms with Gasteiger partial charge in [-0.05, 0) is 25.0 Å². The van der Waals surface area contributed by atoms with Crippen molar-refractivity contribution in [3.63, 3.8) is 0 Å². The largest absolute Gasteiger partial charge is 0.469 e. The van der Waals surface area contributed by atoms with Gasteiger partial charge in [0.15, 0.2) is 0 Å². The molecule has 2 rings (SSSR count). The van der Waals surface area contributed by atoms with Crippen molar-refractivity contribution in [3.8, 4) is 5.69 Å². The molecule has 7 nitrogen and oxygen atoms in total. The third kappa shape index (κ3) is 5.68. The predicted octanol–water partition coefficient (Wildman–Crippen LogP) is 3.60. The van der Waals surface area contributed by atoms with Gasteiger partial charge in [0.2, 0.25) is 5.82 Å². The van der Waals surface area contributed by atoms with Gasteiger partial charge in [0.05, 0.1) is 17.2 Å². The number of hydrogen-bond acceptors (Lipinski definition) is 5. The van der Waals surface area contributed by atoms with Gasteiger partial charge in [-0.2, -0.15) is 0 Å². The molecule has 0 atom stereocenters. The van der Waals surface area contributed by atoms with Gasteiger partial charge in [-0.15, -0.1) is 5.10 Å². The monoisotopic (exact) mass is 412 g/mol. The molecule has 0 aliphatic carbocycles. The molecule has 0 bridgehead atoms. The highest BCUT2D eigenvalue weighted by Gasteiger charge is 2.19. The molecule has 146 valence electrons. The number of carbonyl (C=O) groups excluding carboxylic acids is 2. The molecule has 9 heteroatoms. The van der Waals surface area contributed by atoms with Crippen molar-refractivity contribution in [2.75, 3.05) is 13.7 Å². The predicted molar refractivity (Wildman–Crippen MR) is 104 cm³/mol. The van der Waals surface area contributed by atoms with Gasteiger partial charge in [0, 0.05) is 19.4 Å². The molecule has 1 N–H and O–H groups in total. The van der Waals surface area contributed by atoms with E-state index in [1.807, 2.05) is 6.92 Å². The van der Waals surface area contributed by atoms with Crippen LogP contribution in [0.3, 0.4) is 0 Å². The summed E-state index contributed by atoms with van der Waals surface area (Å²) in [6.45, 7) is 2.39. The highest BCUT2D eigenvalue weighted by molar-refractivity contribution is 6.37. The fraction of sp³-hybridized carbons (Fsp3) is 0.444. The van der Waals surface area contributed by atoms with Crippen LogP contribution in [0.4, 0.5) is 0 Å². The minimum absolute atomic E-state index is 0.0670. The third-order valence-corrected chi connectivity index (χ3v) is 4.52. The van der Waals surface area contributed by atoms with E-state index in [9.17, 15) is 9.59 Å². The SMILES string of the molecule is CCc1nc(C(=O)NCCCCCC(=O)OC)nn1-c1c(Cl)cccc1Cl. The number of nitrogens with zero attached hydrogens (tertiary/aromatic N) is 3. The normalized spacial score (nSPS) is 10.7. The molecular formula is C18H22Cl2N4O3. The summed E-state index contributed by atoms with van der Waals surface area (Å²) in [7, 11) is 1.37. The summed E-state index contributed by atoms with van der Waals surface area (Å²) in [5, 5.41) is 7.93. The quantitative estimate of drug-likeness (QED) is 0.502. The number of nitrogens with one attached hydrogen (secondary N) is 1. The maximum Gasteiger partial charge on any atom is 0.305 e. The van der Waals surface area contributed by atoms with Crippen LogP contribution in [0.5, 0.6) is 0 Å². The Balaban J connectivity index is 1.98. The summed E-state index contributed by atoms with van der Waals surface area (Å²) in [6, 6.07) is 5.15. The van der Waals surface area contributed by atoms with Crippen LogP contribution in [0, 0.1) is 0 Å². The molecule has 1 aromatic carbocycles. The zero-order valence-electron chi connectivity index (χ0n) is 15.3. The van der Waals surface area contributed by atoms with Crippen LogP contribution in [0.1, 0.15) is 49.1 Å². The van der Waals surface area contributed by atoms with E-state index in [4.69, 9.17) is 23.2 Å². The van der Waals surface area contributed by atoms with Crippen LogP contribution in [-0.4, -0.2) is 40.3 Å². The molecule has 0 fully saturated rings. The van der Waals surface area contributed by atoms with E-state index in [1.54, 1.807) is 18.2 Å². The fourth-order valence-corrected chi connectivity index (χ4v) is 3.05. The standard InChI is InChI=1S/C18H22Cl2N4O3/c1-3-14-22-17(18(26)21-11-6-4-5-10-15(25)27-2)23-24(14)16-12(19)8-7-9-13(16)20/h7-9H,3-6,10-11H2,1-2H3,(H,21,26). The van der Waals surface area contributed by atoms with Crippen LogP contribution >= 0.6 is 23.2 Å². The van der Waals surface area contributed by atoms with Gasteiger partial charge in [-0.1, -0.05) is 42.6 Å².